The molecule has 0 fully saturated rings. The summed E-state index contributed by atoms with van der Waals surface area (Å²) in [6, 6.07) is 0. The molecular formula is C28H46O3Si. The molecule has 0 aromatic heterocycles. The Bertz CT molecular complexity index is 673. The highest BCUT2D eigenvalue weighted by Crippen LogP contribution is 2.37. The second kappa shape index (κ2) is 17.6. The molecule has 0 aliphatic heterocycles. The van der Waals surface area contributed by atoms with E-state index < -0.39 is 14.3 Å². The molecule has 1 N–H and O–H groups in total. The lowest BCUT2D eigenvalue weighted by atomic mass is 10.2. The highest BCUT2D eigenvalue weighted by Gasteiger charge is 2.38. The molecule has 1 unspecified atom stereocenters. The Morgan fingerprint density at radius 1 is 0.875 bits per heavy atom. The number of carboxylic acids is 1. The summed E-state index contributed by atoms with van der Waals surface area (Å²) < 4.78 is 6.59. The third-order valence-corrected chi connectivity index (χ3v) is 9.94. The van der Waals surface area contributed by atoms with E-state index in [1.165, 1.54) is 0 Å². The molecule has 0 saturated heterocycles. The Morgan fingerprint density at radius 2 is 1.44 bits per heavy atom. The normalized spacial score (nSPS) is 14.9. The van der Waals surface area contributed by atoms with Crippen LogP contribution in [-0.2, 0) is 9.22 Å². The van der Waals surface area contributed by atoms with Crippen LogP contribution >= 0.6 is 0 Å². The Labute approximate surface area is 198 Å². The third-order valence-electron chi connectivity index (χ3n) is 5.44. The van der Waals surface area contributed by atoms with Crippen LogP contribution in [-0.4, -0.2) is 25.5 Å². The molecule has 180 valence electrons. The largest absolute Gasteiger partial charge is 0.481 e. The Hall–Kier alpha value is -1.91. The molecule has 0 bridgehead atoms. The molecule has 0 radical (unpaired) electrons. The van der Waals surface area contributed by atoms with Crippen molar-refractivity contribution >= 4 is 14.3 Å². The summed E-state index contributed by atoms with van der Waals surface area (Å²) in [6.45, 7) is 13.6. The summed E-state index contributed by atoms with van der Waals surface area (Å²) in [4.78, 5) is 10.4. The molecule has 3 nitrogen and oxygen atoms in total. The lowest BCUT2D eigenvalue weighted by molar-refractivity contribution is -0.136. The van der Waals surface area contributed by atoms with E-state index in [9.17, 15) is 4.79 Å². The number of carbonyl (C=O) groups is 1. The van der Waals surface area contributed by atoms with Gasteiger partial charge in [0.2, 0.25) is 0 Å². The van der Waals surface area contributed by atoms with Gasteiger partial charge in [0.25, 0.3) is 0 Å². The molecule has 0 spiro atoms. The molecule has 0 saturated carbocycles. The van der Waals surface area contributed by atoms with E-state index in [1.54, 1.807) is 0 Å². The Morgan fingerprint density at radius 3 is 1.97 bits per heavy atom. The highest BCUT2D eigenvalue weighted by molar-refractivity contribution is 6.74. The minimum atomic E-state index is -1.79. The van der Waals surface area contributed by atoms with Crippen LogP contribution in [0, 0.1) is 0 Å². The second-order valence-electron chi connectivity index (χ2n) is 9.40. The first-order valence-electron chi connectivity index (χ1n) is 11.9. The SMILES string of the molecule is CC/C=C/CC(/C=C/C=C/C/C=C/C/C=C/C/C=C/CCC(=O)O)O[Si](C)(C)C(C)(C)C. The Balaban J connectivity index is 4.36. The van der Waals surface area contributed by atoms with Crippen molar-refractivity contribution in [2.75, 3.05) is 0 Å². The van der Waals surface area contributed by atoms with Crippen molar-refractivity contribution in [1.82, 2.24) is 0 Å². The summed E-state index contributed by atoms with van der Waals surface area (Å²) in [6.07, 6.45) is 31.1. The molecule has 0 heterocycles. The van der Waals surface area contributed by atoms with Gasteiger partial charge < -0.3 is 9.53 Å². The van der Waals surface area contributed by atoms with Crippen molar-refractivity contribution in [3.63, 3.8) is 0 Å². The molecular weight excluding hydrogens is 412 g/mol. The second-order valence-corrected chi connectivity index (χ2v) is 14.2. The fraction of sp³-hybridized carbons (Fsp3) is 0.536. The highest BCUT2D eigenvalue weighted by atomic mass is 28.4. The maximum atomic E-state index is 10.4. The van der Waals surface area contributed by atoms with E-state index in [4.69, 9.17) is 9.53 Å². The van der Waals surface area contributed by atoms with Gasteiger partial charge in [0.1, 0.15) is 0 Å². The van der Waals surface area contributed by atoms with E-state index in [0.717, 1.165) is 32.1 Å². The topological polar surface area (TPSA) is 46.5 Å². The molecule has 0 aliphatic carbocycles. The lowest BCUT2D eigenvalue weighted by Gasteiger charge is -2.38. The standard InChI is InChI=1S/C28H46O3Si/c1-7-8-20-23-26(31-32(5,6)28(2,3)4)24-21-18-16-14-12-10-9-11-13-15-17-19-22-25-27(29)30/h8,10-13,16-21,24,26H,7,9,14-15,22-23,25H2,1-6H3,(H,29,30)/b12-10+,13-11+,18-16+,19-17+,20-8+,24-21+. The maximum Gasteiger partial charge on any atom is 0.303 e. The first-order chi connectivity index (χ1) is 15.1. The predicted molar refractivity (Wildman–Crippen MR) is 143 cm³/mol. The maximum absolute atomic E-state index is 10.4. The molecule has 4 heteroatoms. The molecule has 1 atom stereocenters. The summed E-state index contributed by atoms with van der Waals surface area (Å²) in [5.41, 5.74) is 0. The van der Waals surface area contributed by atoms with Gasteiger partial charge in [0.05, 0.1) is 6.10 Å². The molecule has 32 heavy (non-hydrogen) atoms. The van der Waals surface area contributed by atoms with Crippen LogP contribution in [0.5, 0.6) is 0 Å². The number of allylic oxidation sites excluding steroid dienone is 10. The number of aliphatic carboxylic acids is 1. The van der Waals surface area contributed by atoms with Gasteiger partial charge in [-0.1, -0.05) is 101 Å². The van der Waals surface area contributed by atoms with Gasteiger partial charge in [-0.2, -0.15) is 0 Å². The van der Waals surface area contributed by atoms with Crippen molar-refractivity contribution in [2.24, 2.45) is 0 Å². The van der Waals surface area contributed by atoms with Crippen LogP contribution in [0.2, 0.25) is 18.1 Å². The monoisotopic (exact) mass is 458 g/mol. The number of hydrogen-bond donors (Lipinski definition) is 1. The zero-order valence-electron chi connectivity index (χ0n) is 21.2. The molecule has 0 rings (SSSR count). The summed E-state index contributed by atoms with van der Waals surface area (Å²) in [5, 5.41) is 8.77. The van der Waals surface area contributed by atoms with E-state index >= 15 is 0 Å². The van der Waals surface area contributed by atoms with Crippen molar-refractivity contribution < 1.29 is 14.3 Å². The molecule has 0 aliphatic rings. The fourth-order valence-corrected chi connectivity index (χ4v) is 3.79. The molecule has 0 aromatic rings. The minimum Gasteiger partial charge on any atom is -0.481 e. The van der Waals surface area contributed by atoms with Gasteiger partial charge in [-0.25, -0.2) is 0 Å². The predicted octanol–water partition coefficient (Wildman–Crippen LogP) is 8.55. The third kappa shape index (κ3) is 16.7. The van der Waals surface area contributed by atoms with Gasteiger partial charge in [-0.15, -0.1) is 0 Å². The number of rotatable bonds is 16. The van der Waals surface area contributed by atoms with E-state index in [-0.39, 0.29) is 17.6 Å². The first kappa shape index (κ1) is 30.1. The van der Waals surface area contributed by atoms with Crippen molar-refractivity contribution in [1.29, 1.82) is 0 Å². The summed E-state index contributed by atoms with van der Waals surface area (Å²) >= 11 is 0. The summed E-state index contributed by atoms with van der Waals surface area (Å²) in [7, 11) is -1.79. The first-order valence-corrected chi connectivity index (χ1v) is 14.8. The number of carboxylic acid groups (broad SMARTS) is 1. The average molecular weight is 459 g/mol. The quantitative estimate of drug-likeness (QED) is 0.143. The van der Waals surface area contributed by atoms with E-state index in [1.807, 2.05) is 12.2 Å². The smallest absolute Gasteiger partial charge is 0.303 e. The van der Waals surface area contributed by atoms with Gasteiger partial charge in [-0.05, 0) is 56.7 Å². The van der Waals surface area contributed by atoms with Crippen molar-refractivity contribution in [3.05, 3.63) is 72.9 Å². The van der Waals surface area contributed by atoms with Crippen LogP contribution < -0.4 is 0 Å². The van der Waals surface area contributed by atoms with Crippen LogP contribution in [0.15, 0.2) is 72.9 Å². The van der Waals surface area contributed by atoms with E-state index in [0.29, 0.717) is 6.42 Å². The van der Waals surface area contributed by atoms with Crippen LogP contribution in [0.1, 0.15) is 72.6 Å². The van der Waals surface area contributed by atoms with Gasteiger partial charge in [0, 0.05) is 6.42 Å². The Kier molecular flexibility index (Phi) is 16.6. The van der Waals surface area contributed by atoms with Gasteiger partial charge >= 0.3 is 5.97 Å². The van der Waals surface area contributed by atoms with Crippen LogP contribution in [0.4, 0.5) is 0 Å². The molecule has 0 amide bonds. The fourth-order valence-electron chi connectivity index (χ4n) is 2.50. The summed E-state index contributed by atoms with van der Waals surface area (Å²) in [5.74, 6) is -0.747. The van der Waals surface area contributed by atoms with Crippen molar-refractivity contribution in [3.8, 4) is 0 Å². The van der Waals surface area contributed by atoms with Crippen molar-refractivity contribution in [2.45, 2.75) is 96.9 Å². The zero-order valence-corrected chi connectivity index (χ0v) is 22.2. The minimum absolute atomic E-state index is 0.127. The lowest BCUT2D eigenvalue weighted by Crippen LogP contribution is -2.43. The van der Waals surface area contributed by atoms with Gasteiger partial charge in [-0.3, -0.25) is 4.79 Å². The molecule has 0 aromatic carbocycles. The number of hydrogen-bond acceptors (Lipinski definition) is 2. The van der Waals surface area contributed by atoms with Crippen LogP contribution in [0.3, 0.4) is 0 Å². The zero-order chi connectivity index (χ0) is 24.3. The van der Waals surface area contributed by atoms with E-state index in [2.05, 4.69) is 102 Å². The van der Waals surface area contributed by atoms with Crippen LogP contribution in [0.25, 0.3) is 0 Å². The van der Waals surface area contributed by atoms with Gasteiger partial charge in [0.15, 0.2) is 8.32 Å². The average Bonchev–Trinajstić information content (AvgIpc) is 2.69.